The molecule has 0 aromatic heterocycles. The van der Waals surface area contributed by atoms with Crippen molar-refractivity contribution >= 4 is 0 Å². The van der Waals surface area contributed by atoms with E-state index in [9.17, 15) is 0 Å². The molecule has 0 aromatic rings. The van der Waals surface area contributed by atoms with Crippen LogP contribution >= 0.6 is 0 Å². The maximum Gasteiger partial charge on any atom is 0.232 e. The summed E-state index contributed by atoms with van der Waals surface area (Å²) in [4.78, 5) is 3.09. The Balaban J connectivity index is -0.000000187. The number of allylic oxidation sites excluding steroid dienone is 3. The van der Waals surface area contributed by atoms with Gasteiger partial charge in [-0.3, -0.25) is 0 Å². The van der Waals surface area contributed by atoms with Gasteiger partial charge in [-0.2, -0.15) is 10.5 Å². The van der Waals surface area contributed by atoms with Crippen LogP contribution in [0.1, 0.15) is 26.7 Å². The zero-order valence-corrected chi connectivity index (χ0v) is 11.3. The summed E-state index contributed by atoms with van der Waals surface area (Å²) in [7, 11) is 0. The van der Waals surface area contributed by atoms with Crippen LogP contribution < -0.4 is 0 Å². The normalized spacial score (nSPS) is 9.06. The monoisotopic (exact) mass is 243 g/mol. The maximum absolute atomic E-state index is 8.01. The highest BCUT2D eigenvalue weighted by Crippen LogP contribution is 1.87. The molecular weight excluding hydrogens is 222 g/mol. The summed E-state index contributed by atoms with van der Waals surface area (Å²) < 4.78 is 0. The van der Waals surface area contributed by atoms with Gasteiger partial charge in [0.05, 0.1) is 18.1 Å². The van der Waals surface area contributed by atoms with Crippen LogP contribution in [0, 0.1) is 35.2 Å². The number of rotatable bonds is 4. The number of unbranched alkanes of at least 4 members (excludes halogenated alkanes) is 1. The number of hydrogen-bond acceptors (Lipinski definition) is 2. The van der Waals surface area contributed by atoms with Gasteiger partial charge in [-0.25, -0.2) is 6.57 Å². The Bertz CT molecular complexity index is 334. The highest BCUT2D eigenvalue weighted by atomic mass is 14.6. The van der Waals surface area contributed by atoms with Crippen LogP contribution in [0.2, 0.25) is 0 Å². The van der Waals surface area contributed by atoms with E-state index < -0.39 is 0 Å². The van der Waals surface area contributed by atoms with Gasteiger partial charge in [-0.1, -0.05) is 18.2 Å². The molecule has 0 heterocycles. The van der Waals surface area contributed by atoms with Crippen LogP contribution in [0.3, 0.4) is 0 Å². The van der Waals surface area contributed by atoms with Crippen LogP contribution in [0.5, 0.6) is 0 Å². The van der Waals surface area contributed by atoms with E-state index in [1.807, 2.05) is 31.2 Å². The van der Waals surface area contributed by atoms with E-state index in [4.69, 9.17) is 17.1 Å². The molecular formula is C15H21N3. The minimum atomic E-state index is 0.00463. The molecule has 0 bridgehead atoms. The molecule has 0 N–H and O–H groups in total. The number of nitriles is 2. The van der Waals surface area contributed by atoms with E-state index in [0.717, 1.165) is 6.42 Å². The van der Waals surface area contributed by atoms with Gasteiger partial charge in [0, 0.05) is 6.42 Å². The quantitative estimate of drug-likeness (QED) is 0.420. The Morgan fingerprint density at radius 2 is 2.00 bits per heavy atom. The predicted octanol–water partition coefficient (Wildman–Crippen LogP) is 4.29. The molecule has 18 heavy (non-hydrogen) atoms. The molecule has 1 unspecified atom stereocenters. The van der Waals surface area contributed by atoms with Crippen molar-refractivity contribution in [1.29, 1.82) is 10.5 Å². The molecule has 0 spiro atoms. The smallest absolute Gasteiger partial charge is 0.232 e. The van der Waals surface area contributed by atoms with E-state index in [1.54, 1.807) is 19.1 Å². The Hall–Kier alpha value is -2.31. The van der Waals surface area contributed by atoms with Gasteiger partial charge in [0.2, 0.25) is 6.54 Å². The van der Waals surface area contributed by atoms with E-state index in [-0.39, 0.29) is 5.92 Å². The van der Waals surface area contributed by atoms with Crippen LogP contribution in [-0.4, -0.2) is 6.54 Å². The summed E-state index contributed by atoms with van der Waals surface area (Å²) in [6, 6.07) is 3.99. The third-order valence-corrected chi connectivity index (χ3v) is 1.45. The molecule has 0 radical (unpaired) electrons. The van der Waals surface area contributed by atoms with Crippen molar-refractivity contribution in [2.75, 3.05) is 6.54 Å². The zero-order chi connectivity index (χ0) is 14.6. The first-order chi connectivity index (χ1) is 8.64. The number of nitrogens with zero attached hydrogens (tertiary/aromatic N) is 3. The summed E-state index contributed by atoms with van der Waals surface area (Å²) in [5.41, 5.74) is 0. The lowest BCUT2D eigenvalue weighted by atomic mass is 10.2. The second-order valence-corrected chi connectivity index (χ2v) is 3.05. The molecule has 96 valence electrons. The first-order valence-corrected chi connectivity index (χ1v) is 5.58. The van der Waals surface area contributed by atoms with Crippen LogP contribution in [0.15, 0.2) is 37.5 Å². The molecule has 0 fully saturated rings. The largest absolute Gasteiger partial charge is 0.312 e. The molecule has 0 saturated carbocycles. The minimum Gasteiger partial charge on any atom is -0.312 e. The highest BCUT2D eigenvalue weighted by molar-refractivity contribution is 4.91. The third kappa shape index (κ3) is 37.3. The van der Waals surface area contributed by atoms with Crippen LogP contribution in [-0.2, 0) is 0 Å². The van der Waals surface area contributed by atoms with Gasteiger partial charge >= 0.3 is 0 Å². The molecule has 0 aliphatic heterocycles. The van der Waals surface area contributed by atoms with Crippen molar-refractivity contribution < 1.29 is 0 Å². The predicted molar refractivity (Wildman–Crippen MR) is 76.3 cm³/mol. The van der Waals surface area contributed by atoms with Gasteiger partial charge < -0.3 is 4.85 Å². The Labute approximate surface area is 111 Å². The lowest BCUT2D eigenvalue weighted by Gasteiger charge is -1.80. The summed E-state index contributed by atoms with van der Waals surface area (Å²) >= 11 is 0. The van der Waals surface area contributed by atoms with Crippen LogP contribution in [0.25, 0.3) is 4.85 Å². The number of hydrogen-bond donors (Lipinski definition) is 0. The first kappa shape index (κ1) is 21.0. The van der Waals surface area contributed by atoms with Gasteiger partial charge in [-0.15, -0.1) is 13.2 Å². The molecule has 0 saturated heterocycles. The first-order valence-electron chi connectivity index (χ1n) is 5.58. The van der Waals surface area contributed by atoms with E-state index >= 15 is 0 Å². The molecule has 3 nitrogen and oxygen atoms in total. The van der Waals surface area contributed by atoms with Gasteiger partial charge in [0.15, 0.2) is 0 Å². The van der Waals surface area contributed by atoms with Crippen molar-refractivity contribution in [1.82, 2.24) is 0 Å². The average molecular weight is 243 g/mol. The molecule has 0 amide bonds. The van der Waals surface area contributed by atoms with Crippen molar-refractivity contribution in [2.24, 2.45) is 5.92 Å². The van der Waals surface area contributed by atoms with Crippen molar-refractivity contribution in [3.63, 3.8) is 0 Å². The van der Waals surface area contributed by atoms with Crippen molar-refractivity contribution in [3.8, 4) is 12.1 Å². The van der Waals surface area contributed by atoms with Crippen molar-refractivity contribution in [2.45, 2.75) is 26.7 Å². The standard InChI is InChI=1S/3C5H7N/c1-3-5(2)4-6;1-3-4-5-6-2;1-2-3-4-5-6/h3,5H,1H2,2H3;3-4H,5H2,1H3;2H,1,3-4H2/b;4-3+;. The lowest BCUT2D eigenvalue weighted by molar-refractivity contribution is 0.960. The molecule has 0 rings (SSSR count). The summed E-state index contributed by atoms with van der Waals surface area (Å²) in [6.07, 6.45) is 8.47. The molecule has 1 atom stereocenters. The summed E-state index contributed by atoms with van der Waals surface area (Å²) in [5, 5.41) is 15.9. The van der Waals surface area contributed by atoms with E-state index in [0.29, 0.717) is 13.0 Å². The molecule has 3 heteroatoms. The second-order valence-electron chi connectivity index (χ2n) is 3.05. The highest BCUT2D eigenvalue weighted by Gasteiger charge is 1.83. The fourth-order valence-corrected chi connectivity index (χ4v) is 0.377. The van der Waals surface area contributed by atoms with E-state index in [1.165, 1.54) is 0 Å². The molecule has 0 aliphatic rings. The fraction of sp³-hybridized carbons (Fsp3) is 0.400. The van der Waals surface area contributed by atoms with Gasteiger partial charge in [-0.05, 0) is 26.3 Å². The third-order valence-electron chi connectivity index (χ3n) is 1.45. The SMILES string of the molecule is C=CC(C)C#N.C=CCCC#N.[C-]#[N+]C/C=C/C. The lowest BCUT2D eigenvalue weighted by Crippen LogP contribution is -1.76. The summed E-state index contributed by atoms with van der Waals surface area (Å²) in [5.74, 6) is 0.00463. The van der Waals surface area contributed by atoms with E-state index in [2.05, 4.69) is 18.0 Å². The van der Waals surface area contributed by atoms with Gasteiger partial charge in [0.25, 0.3) is 0 Å². The second kappa shape index (κ2) is 24.1. The topological polar surface area (TPSA) is 51.9 Å². The van der Waals surface area contributed by atoms with Crippen LogP contribution in [0.4, 0.5) is 0 Å². The molecule has 0 aromatic carbocycles. The summed E-state index contributed by atoms with van der Waals surface area (Å²) in [6.45, 7) is 17.4. The average Bonchev–Trinajstić information content (AvgIpc) is 2.43. The Morgan fingerprint density at radius 1 is 1.39 bits per heavy atom. The molecule has 0 aliphatic carbocycles. The minimum absolute atomic E-state index is 0.00463. The Morgan fingerprint density at radius 3 is 2.11 bits per heavy atom. The van der Waals surface area contributed by atoms with Gasteiger partial charge in [0.1, 0.15) is 0 Å². The fourth-order valence-electron chi connectivity index (χ4n) is 0.377. The Kier molecular flexibility index (Phi) is 28.1. The van der Waals surface area contributed by atoms with Crippen molar-refractivity contribution in [3.05, 3.63) is 48.9 Å². The maximum atomic E-state index is 8.01. The zero-order valence-electron chi connectivity index (χ0n) is 11.3.